The second kappa shape index (κ2) is 7.51. The lowest BCUT2D eigenvalue weighted by Crippen LogP contribution is -2.29. The van der Waals surface area contributed by atoms with Gasteiger partial charge < -0.3 is 15.4 Å². The molecular formula is C17H20ClN3O2S. The van der Waals surface area contributed by atoms with Crippen molar-refractivity contribution in [3.05, 3.63) is 44.9 Å². The van der Waals surface area contributed by atoms with E-state index in [1.807, 2.05) is 24.0 Å². The number of carbonyl (C=O) groups excluding carboxylic acids is 1. The third-order valence-electron chi connectivity index (χ3n) is 4.12. The van der Waals surface area contributed by atoms with E-state index in [1.165, 1.54) is 11.3 Å². The predicted molar refractivity (Wildman–Crippen MR) is 95.7 cm³/mol. The summed E-state index contributed by atoms with van der Waals surface area (Å²) in [5.74, 6) is 1.19. The fourth-order valence-electron chi connectivity index (χ4n) is 2.74. The van der Waals surface area contributed by atoms with Crippen LogP contribution in [0, 0.1) is 12.8 Å². The Morgan fingerprint density at radius 2 is 2.21 bits per heavy atom. The maximum Gasteiger partial charge on any atom is 0.265 e. The van der Waals surface area contributed by atoms with Crippen molar-refractivity contribution in [2.75, 3.05) is 19.6 Å². The van der Waals surface area contributed by atoms with Gasteiger partial charge in [-0.2, -0.15) is 0 Å². The molecule has 1 aliphatic rings. The molecule has 1 fully saturated rings. The minimum absolute atomic E-state index is 0.0543. The highest BCUT2D eigenvalue weighted by atomic mass is 35.5. The molecule has 0 bridgehead atoms. The number of halogens is 1. The first-order valence-corrected chi connectivity index (χ1v) is 9.10. The van der Waals surface area contributed by atoms with Gasteiger partial charge in [-0.3, -0.25) is 4.79 Å². The average molecular weight is 366 g/mol. The number of carbonyl (C=O) groups is 1. The molecule has 1 aromatic heterocycles. The van der Waals surface area contributed by atoms with Crippen LogP contribution in [0.3, 0.4) is 0 Å². The van der Waals surface area contributed by atoms with E-state index in [9.17, 15) is 4.79 Å². The number of benzene rings is 1. The molecule has 128 valence electrons. The van der Waals surface area contributed by atoms with Gasteiger partial charge >= 0.3 is 0 Å². The second-order valence-corrected chi connectivity index (χ2v) is 7.43. The van der Waals surface area contributed by atoms with Gasteiger partial charge in [-0.25, -0.2) is 4.98 Å². The van der Waals surface area contributed by atoms with Crippen molar-refractivity contribution < 1.29 is 9.53 Å². The van der Waals surface area contributed by atoms with Gasteiger partial charge in [-0.15, -0.1) is 11.3 Å². The average Bonchev–Trinajstić information content (AvgIpc) is 3.20. The summed E-state index contributed by atoms with van der Waals surface area (Å²) in [4.78, 5) is 19.7. The van der Waals surface area contributed by atoms with Crippen molar-refractivity contribution in [2.24, 2.45) is 11.7 Å². The van der Waals surface area contributed by atoms with Crippen LogP contribution in [0.2, 0.25) is 5.02 Å². The van der Waals surface area contributed by atoms with Crippen LogP contribution in [0.4, 0.5) is 0 Å². The van der Waals surface area contributed by atoms with Crippen LogP contribution in [0.5, 0.6) is 5.75 Å². The largest absolute Gasteiger partial charge is 0.486 e. The highest BCUT2D eigenvalue weighted by Gasteiger charge is 2.28. The van der Waals surface area contributed by atoms with Crippen LogP contribution in [0.1, 0.15) is 26.8 Å². The summed E-state index contributed by atoms with van der Waals surface area (Å²) in [5, 5.41) is 1.46. The van der Waals surface area contributed by atoms with Gasteiger partial charge in [0.1, 0.15) is 22.2 Å². The molecule has 2 heterocycles. The van der Waals surface area contributed by atoms with Crippen molar-refractivity contribution in [2.45, 2.75) is 20.0 Å². The maximum absolute atomic E-state index is 12.7. The quantitative estimate of drug-likeness (QED) is 0.883. The lowest BCUT2D eigenvalue weighted by molar-refractivity contribution is 0.0791. The van der Waals surface area contributed by atoms with Gasteiger partial charge in [0.25, 0.3) is 5.91 Å². The smallest absolute Gasteiger partial charge is 0.265 e. The van der Waals surface area contributed by atoms with Gasteiger partial charge in [0.15, 0.2) is 0 Å². The molecule has 0 unspecified atom stereocenters. The number of aryl methyl sites for hydroxylation is 1. The lowest BCUT2D eigenvalue weighted by Gasteiger charge is -2.15. The number of nitrogens with two attached hydrogens (primary N) is 1. The third-order valence-corrected chi connectivity index (χ3v) is 5.49. The molecule has 1 aliphatic heterocycles. The van der Waals surface area contributed by atoms with Crippen LogP contribution in [-0.4, -0.2) is 35.4 Å². The molecule has 0 radical (unpaired) electrons. The first kappa shape index (κ1) is 17.2. The van der Waals surface area contributed by atoms with E-state index in [-0.39, 0.29) is 5.91 Å². The number of ether oxygens (including phenoxy) is 1. The molecule has 5 nitrogen and oxygen atoms in total. The van der Waals surface area contributed by atoms with E-state index in [2.05, 4.69) is 4.98 Å². The summed E-state index contributed by atoms with van der Waals surface area (Å²) < 4.78 is 5.70. The van der Waals surface area contributed by atoms with E-state index < -0.39 is 0 Å². The number of thiazole rings is 1. The molecule has 0 aliphatic carbocycles. The zero-order chi connectivity index (χ0) is 17.1. The molecule has 0 saturated carbocycles. The Morgan fingerprint density at radius 1 is 1.46 bits per heavy atom. The second-order valence-electron chi connectivity index (χ2n) is 5.91. The first-order chi connectivity index (χ1) is 11.6. The zero-order valence-electron chi connectivity index (χ0n) is 13.5. The monoisotopic (exact) mass is 365 g/mol. The SMILES string of the molecule is Cc1nc(COc2ccc(Cl)cc2)sc1C(=O)N1CC[C@H](CN)C1. The summed E-state index contributed by atoms with van der Waals surface area (Å²) in [7, 11) is 0. The van der Waals surface area contributed by atoms with Gasteiger partial charge in [-0.1, -0.05) is 11.6 Å². The molecule has 1 aromatic carbocycles. The molecule has 2 aromatic rings. The summed E-state index contributed by atoms with van der Waals surface area (Å²) in [6, 6.07) is 7.18. The summed E-state index contributed by atoms with van der Waals surface area (Å²) >= 11 is 7.26. The van der Waals surface area contributed by atoms with Crippen LogP contribution >= 0.6 is 22.9 Å². The standard InChI is InChI=1S/C17H20ClN3O2S/c1-11-16(17(22)21-7-6-12(8-19)9-21)24-15(20-11)10-23-14-4-2-13(18)3-5-14/h2-5,12H,6-10,19H2,1H3/t12-/m1/s1. The number of hydrogen-bond acceptors (Lipinski definition) is 5. The Bertz CT molecular complexity index is 717. The predicted octanol–water partition coefficient (Wildman–Crippen LogP) is 3.10. The molecule has 0 spiro atoms. The Balaban J connectivity index is 1.64. The van der Waals surface area contributed by atoms with Crippen molar-refractivity contribution in [1.82, 2.24) is 9.88 Å². The Hall–Kier alpha value is -1.63. The van der Waals surface area contributed by atoms with Crippen molar-refractivity contribution >= 4 is 28.8 Å². The summed E-state index contributed by atoms with van der Waals surface area (Å²) in [6.07, 6.45) is 0.979. The Labute approximate surface area is 150 Å². The van der Waals surface area contributed by atoms with Crippen molar-refractivity contribution in [3.8, 4) is 5.75 Å². The third kappa shape index (κ3) is 3.88. The van der Waals surface area contributed by atoms with Gasteiger partial charge in [0, 0.05) is 18.1 Å². The first-order valence-electron chi connectivity index (χ1n) is 7.91. The van der Waals surface area contributed by atoms with Crippen molar-refractivity contribution in [1.29, 1.82) is 0 Å². The molecule has 1 atom stereocenters. The van der Waals surface area contributed by atoms with Crippen molar-refractivity contribution in [3.63, 3.8) is 0 Å². The lowest BCUT2D eigenvalue weighted by atomic mass is 10.1. The van der Waals surface area contributed by atoms with Crippen LogP contribution < -0.4 is 10.5 Å². The van der Waals surface area contributed by atoms with Gasteiger partial charge in [0.2, 0.25) is 0 Å². The molecule has 2 N–H and O–H groups in total. The van der Waals surface area contributed by atoms with E-state index in [4.69, 9.17) is 22.1 Å². The highest BCUT2D eigenvalue weighted by Crippen LogP contribution is 2.25. The molecule has 7 heteroatoms. The molecule has 24 heavy (non-hydrogen) atoms. The minimum atomic E-state index is 0.0543. The fraction of sp³-hybridized carbons (Fsp3) is 0.412. The Kier molecular flexibility index (Phi) is 5.38. The number of likely N-dealkylation sites (tertiary alicyclic amines) is 1. The summed E-state index contributed by atoms with van der Waals surface area (Å²) in [6.45, 7) is 4.35. The number of nitrogens with zero attached hydrogens (tertiary/aromatic N) is 2. The van der Waals surface area contributed by atoms with E-state index in [0.29, 0.717) is 29.0 Å². The highest BCUT2D eigenvalue weighted by molar-refractivity contribution is 7.13. The molecule has 1 amide bonds. The maximum atomic E-state index is 12.7. The topological polar surface area (TPSA) is 68.5 Å². The molecular weight excluding hydrogens is 346 g/mol. The number of amides is 1. The normalized spacial score (nSPS) is 17.3. The molecule has 1 saturated heterocycles. The van der Waals surface area contributed by atoms with E-state index in [0.717, 1.165) is 36.0 Å². The number of aromatic nitrogens is 1. The van der Waals surface area contributed by atoms with Crippen LogP contribution in [0.15, 0.2) is 24.3 Å². The van der Waals surface area contributed by atoms with Crippen LogP contribution in [0.25, 0.3) is 0 Å². The van der Waals surface area contributed by atoms with Crippen LogP contribution in [-0.2, 0) is 6.61 Å². The zero-order valence-corrected chi connectivity index (χ0v) is 15.1. The minimum Gasteiger partial charge on any atom is -0.486 e. The van der Waals surface area contributed by atoms with Gasteiger partial charge in [0.05, 0.1) is 5.69 Å². The number of rotatable bonds is 5. The number of hydrogen-bond donors (Lipinski definition) is 1. The van der Waals surface area contributed by atoms with Gasteiger partial charge in [-0.05, 0) is 50.1 Å². The fourth-order valence-corrected chi connectivity index (χ4v) is 3.81. The Morgan fingerprint density at radius 3 is 2.88 bits per heavy atom. The van der Waals surface area contributed by atoms with E-state index >= 15 is 0 Å². The van der Waals surface area contributed by atoms with E-state index in [1.54, 1.807) is 12.1 Å². The molecule has 3 rings (SSSR count). The summed E-state index contributed by atoms with van der Waals surface area (Å²) in [5.41, 5.74) is 6.46.